The van der Waals surface area contributed by atoms with Gasteiger partial charge in [-0.3, -0.25) is 0 Å². The number of hydrogen-bond acceptors (Lipinski definition) is 3. The normalized spacial score (nSPS) is 11.6. The molecule has 0 saturated carbocycles. The summed E-state index contributed by atoms with van der Waals surface area (Å²) >= 11 is 0. The Balaban J connectivity index is 3.15. The molecule has 0 aliphatic rings. The molecule has 0 aliphatic heterocycles. The number of aliphatic hydroxyl groups excluding tert-OH is 1. The maximum atomic E-state index is 12.8. The molecule has 0 atom stereocenters. The molecule has 0 aliphatic carbocycles. The number of hydrogen-bond donors (Lipinski definition) is 1. The van der Waals surface area contributed by atoms with Crippen molar-refractivity contribution in [2.45, 2.75) is 11.8 Å². The van der Waals surface area contributed by atoms with Gasteiger partial charge in [0.1, 0.15) is 5.82 Å². The number of aryl methyl sites for hydroxylation is 1. The predicted molar refractivity (Wildman–Crippen MR) is 50.3 cm³/mol. The van der Waals surface area contributed by atoms with Gasteiger partial charge in [-0.05, 0) is 30.7 Å². The van der Waals surface area contributed by atoms with Crippen molar-refractivity contribution in [2.24, 2.45) is 0 Å². The summed E-state index contributed by atoms with van der Waals surface area (Å²) in [7, 11) is -3.47. The van der Waals surface area contributed by atoms with E-state index in [1.54, 1.807) is 0 Å². The van der Waals surface area contributed by atoms with Crippen molar-refractivity contribution in [1.29, 1.82) is 0 Å². The van der Waals surface area contributed by atoms with Crippen molar-refractivity contribution < 1.29 is 17.9 Å². The van der Waals surface area contributed by atoms with Gasteiger partial charge in [0.2, 0.25) is 0 Å². The summed E-state index contributed by atoms with van der Waals surface area (Å²) in [6, 6.07) is 3.58. The predicted octanol–water partition coefficient (Wildman–Crippen LogP) is 0.900. The molecular weight excluding hydrogens is 207 g/mol. The van der Waals surface area contributed by atoms with Crippen LogP contribution in [0.25, 0.3) is 0 Å². The fourth-order valence-electron chi connectivity index (χ4n) is 1.05. The fraction of sp³-hybridized carbons (Fsp3) is 0.333. The van der Waals surface area contributed by atoms with Crippen LogP contribution in [0.1, 0.15) is 5.56 Å². The lowest BCUT2D eigenvalue weighted by Gasteiger charge is -2.03. The minimum atomic E-state index is -3.47. The zero-order chi connectivity index (χ0) is 10.8. The molecule has 14 heavy (non-hydrogen) atoms. The van der Waals surface area contributed by atoms with E-state index in [0.29, 0.717) is 0 Å². The van der Waals surface area contributed by atoms with Crippen molar-refractivity contribution in [3.63, 3.8) is 0 Å². The first-order chi connectivity index (χ1) is 6.47. The maximum absolute atomic E-state index is 12.8. The molecule has 0 fully saturated rings. The molecule has 0 unspecified atom stereocenters. The van der Waals surface area contributed by atoms with Crippen LogP contribution in [0.3, 0.4) is 0 Å². The molecule has 0 aromatic heterocycles. The quantitative estimate of drug-likeness (QED) is 0.767. The highest BCUT2D eigenvalue weighted by Gasteiger charge is 2.14. The van der Waals surface area contributed by atoms with E-state index in [9.17, 15) is 12.8 Å². The van der Waals surface area contributed by atoms with Crippen LogP contribution in [0.2, 0.25) is 0 Å². The van der Waals surface area contributed by atoms with Crippen molar-refractivity contribution in [2.75, 3.05) is 12.4 Å². The van der Waals surface area contributed by atoms with E-state index in [-0.39, 0.29) is 16.2 Å². The highest BCUT2D eigenvalue weighted by molar-refractivity contribution is 7.91. The third kappa shape index (κ3) is 2.30. The van der Waals surface area contributed by atoms with E-state index < -0.39 is 22.3 Å². The Labute approximate surface area is 82.1 Å². The van der Waals surface area contributed by atoms with Crippen molar-refractivity contribution in [1.82, 2.24) is 0 Å². The average Bonchev–Trinajstić information content (AvgIpc) is 2.09. The topological polar surface area (TPSA) is 54.4 Å². The molecule has 1 aromatic rings. The van der Waals surface area contributed by atoms with Crippen LogP contribution in [0.15, 0.2) is 23.1 Å². The van der Waals surface area contributed by atoms with E-state index in [4.69, 9.17) is 5.11 Å². The van der Waals surface area contributed by atoms with Crippen LogP contribution in [0.5, 0.6) is 0 Å². The van der Waals surface area contributed by atoms with Crippen LogP contribution in [-0.4, -0.2) is 25.9 Å². The summed E-state index contributed by atoms with van der Waals surface area (Å²) in [5.74, 6) is -0.772. The second kappa shape index (κ2) is 4.06. The van der Waals surface area contributed by atoms with Gasteiger partial charge in [0, 0.05) is 0 Å². The van der Waals surface area contributed by atoms with Gasteiger partial charge in [0.15, 0.2) is 9.84 Å². The molecule has 0 amide bonds. The molecular formula is C9H11FO3S. The van der Waals surface area contributed by atoms with Crippen molar-refractivity contribution in [3.05, 3.63) is 29.6 Å². The van der Waals surface area contributed by atoms with Gasteiger partial charge >= 0.3 is 0 Å². The summed E-state index contributed by atoms with van der Waals surface area (Å²) in [6.07, 6.45) is 0. The standard InChI is InChI=1S/C9H11FO3S/c1-7-6-8(2-3-9(7)10)14(12,13)5-4-11/h2-3,6,11H,4-5H2,1H3. The van der Waals surface area contributed by atoms with E-state index in [0.717, 1.165) is 6.07 Å². The second-order valence-electron chi connectivity index (χ2n) is 2.95. The summed E-state index contributed by atoms with van der Waals surface area (Å²) < 4.78 is 35.7. The Hall–Kier alpha value is -0.940. The van der Waals surface area contributed by atoms with Crippen LogP contribution in [-0.2, 0) is 9.84 Å². The Bertz CT molecular complexity index is 426. The maximum Gasteiger partial charge on any atom is 0.180 e. The monoisotopic (exact) mass is 218 g/mol. The lowest BCUT2D eigenvalue weighted by Crippen LogP contribution is -2.10. The Morgan fingerprint density at radius 3 is 2.57 bits per heavy atom. The molecule has 5 heteroatoms. The molecule has 0 bridgehead atoms. The first-order valence-electron chi connectivity index (χ1n) is 4.07. The molecule has 1 rings (SSSR count). The SMILES string of the molecule is Cc1cc(S(=O)(=O)CCO)ccc1F. The average molecular weight is 218 g/mol. The largest absolute Gasteiger partial charge is 0.395 e. The van der Waals surface area contributed by atoms with Crippen molar-refractivity contribution >= 4 is 9.84 Å². The molecule has 0 spiro atoms. The van der Waals surface area contributed by atoms with Gasteiger partial charge in [-0.25, -0.2) is 12.8 Å². The Morgan fingerprint density at radius 2 is 2.07 bits per heavy atom. The molecule has 1 N–H and O–H groups in total. The van der Waals surface area contributed by atoms with Gasteiger partial charge in [0.25, 0.3) is 0 Å². The van der Waals surface area contributed by atoms with E-state index in [1.165, 1.54) is 19.1 Å². The van der Waals surface area contributed by atoms with E-state index in [2.05, 4.69) is 0 Å². The minimum absolute atomic E-state index is 0.0467. The summed E-state index contributed by atoms with van der Waals surface area (Å²) in [5.41, 5.74) is 0.281. The third-order valence-electron chi connectivity index (χ3n) is 1.85. The molecule has 1 aromatic carbocycles. The number of benzene rings is 1. The van der Waals surface area contributed by atoms with Crippen LogP contribution < -0.4 is 0 Å². The molecule has 0 radical (unpaired) electrons. The van der Waals surface area contributed by atoms with Crippen LogP contribution in [0.4, 0.5) is 4.39 Å². The van der Waals surface area contributed by atoms with E-state index >= 15 is 0 Å². The number of aliphatic hydroxyl groups is 1. The van der Waals surface area contributed by atoms with Gasteiger partial charge < -0.3 is 5.11 Å². The van der Waals surface area contributed by atoms with Crippen LogP contribution in [0, 0.1) is 12.7 Å². The van der Waals surface area contributed by atoms with E-state index in [1.807, 2.05) is 0 Å². The van der Waals surface area contributed by atoms with Gasteiger partial charge in [0.05, 0.1) is 17.3 Å². The highest BCUT2D eigenvalue weighted by Crippen LogP contribution is 2.15. The third-order valence-corrected chi connectivity index (χ3v) is 3.54. The zero-order valence-corrected chi connectivity index (χ0v) is 8.51. The number of halogens is 1. The Morgan fingerprint density at radius 1 is 1.43 bits per heavy atom. The zero-order valence-electron chi connectivity index (χ0n) is 7.70. The molecule has 3 nitrogen and oxygen atoms in total. The second-order valence-corrected chi connectivity index (χ2v) is 5.06. The number of rotatable bonds is 3. The van der Waals surface area contributed by atoms with Crippen molar-refractivity contribution in [3.8, 4) is 0 Å². The summed E-state index contributed by atoms with van der Waals surface area (Å²) in [6.45, 7) is 1.06. The highest BCUT2D eigenvalue weighted by atomic mass is 32.2. The smallest absolute Gasteiger partial charge is 0.180 e. The van der Waals surface area contributed by atoms with Crippen LogP contribution >= 0.6 is 0 Å². The molecule has 0 saturated heterocycles. The van der Waals surface area contributed by atoms with Gasteiger partial charge in [-0.1, -0.05) is 0 Å². The summed E-state index contributed by atoms with van der Waals surface area (Å²) in [4.78, 5) is 0.0467. The molecule has 0 heterocycles. The minimum Gasteiger partial charge on any atom is -0.395 e. The lowest BCUT2D eigenvalue weighted by molar-refractivity contribution is 0.319. The first-order valence-corrected chi connectivity index (χ1v) is 5.72. The van der Waals surface area contributed by atoms with Gasteiger partial charge in [-0.2, -0.15) is 0 Å². The summed E-state index contributed by atoms with van der Waals surface area (Å²) in [5, 5.41) is 8.53. The molecule has 78 valence electrons. The number of sulfone groups is 1. The fourth-order valence-corrected chi connectivity index (χ4v) is 2.16. The van der Waals surface area contributed by atoms with Gasteiger partial charge in [-0.15, -0.1) is 0 Å². The lowest BCUT2D eigenvalue weighted by atomic mass is 10.2. The first kappa shape index (κ1) is 11.1. The Kier molecular flexibility index (Phi) is 3.23.